The Morgan fingerprint density at radius 2 is 0.946 bits per heavy atom. The van der Waals surface area contributed by atoms with Crippen LogP contribution >= 0.6 is 0 Å². The summed E-state index contributed by atoms with van der Waals surface area (Å²) in [6.45, 7) is 0. The van der Waals surface area contributed by atoms with Gasteiger partial charge in [0.05, 0.1) is 45.0 Å². The zero-order chi connectivity index (χ0) is 37.1. The van der Waals surface area contributed by atoms with Crippen molar-refractivity contribution in [3.63, 3.8) is 0 Å². The summed E-state index contributed by atoms with van der Waals surface area (Å²) < 4.78 is 17.2. The molecule has 0 aliphatic carbocycles. The Morgan fingerprint density at radius 1 is 0.393 bits per heavy atom. The van der Waals surface area contributed by atoms with Gasteiger partial charge in [0, 0.05) is 66.5 Å². The molecule has 0 saturated heterocycles. The van der Waals surface area contributed by atoms with E-state index >= 15 is 0 Å². The smallest absolute Gasteiger partial charge is 0.137 e. The molecule has 0 aliphatic heterocycles. The van der Waals surface area contributed by atoms with Crippen LogP contribution < -0.4 is 0 Å². The SMILES string of the molecule is N#Cc1cc(-c2cccc(C#N)c2-n2c3ccccc3c3cc4c(cc32)oc2ccccc24)cc(-n2c3ccccc3c3cc4c(cc32)oc2ccccc24)c1. The van der Waals surface area contributed by atoms with E-state index in [1.54, 1.807) is 0 Å². The van der Waals surface area contributed by atoms with Crippen LogP contribution in [0.4, 0.5) is 0 Å². The van der Waals surface area contributed by atoms with E-state index in [1.165, 1.54) is 0 Å². The van der Waals surface area contributed by atoms with Gasteiger partial charge in [0.25, 0.3) is 0 Å². The van der Waals surface area contributed by atoms with Crippen LogP contribution in [0.25, 0.3) is 110 Å². The summed E-state index contributed by atoms with van der Waals surface area (Å²) in [7, 11) is 0. The van der Waals surface area contributed by atoms with E-state index < -0.39 is 0 Å². The van der Waals surface area contributed by atoms with Gasteiger partial charge in [-0.25, -0.2) is 0 Å². The molecule has 0 atom stereocenters. The molecule has 0 radical (unpaired) electrons. The largest absolute Gasteiger partial charge is 0.456 e. The van der Waals surface area contributed by atoms with Crippen molar-refractivity contribution in [1.29, 1.82) is 10.5 Å². The predicted molar refractivity (Wildman–Crippen MR) is 225 cm³/mol. The van der Waals surface area contributed by atoms with Crippen molar-refractivity contribution in [1.82, 2.24) is 9.13 Å². The molecule has 8 aromatic carbocycles. The van der Waals surface area contributed by atoms with Crippen molar-refractivity contribution >= 4 is 87.5 Å². The first-order valence-corrected chi connectivity index (χ1v) is 18.5. The Balaban J connectivity index is 1.15. The van der Waals surface area contributed by atoms with Gasteiger partial charge in [-0.3, -0.25) is 0 Å². The Kier molecular flexibility index (Phi) is 6.10. The van der Waals surface area contributed by atoms with Crippen molar-refractivity contribution in [2.75, 3.05) is 0 Å². The lowest BCUT2D eigenvalue weighted by Crippen LogP contribution is -2.02. The van der Waals surface area contributed by atoms with Gasteiger partial charge < -0.3 is 18.0 Å². The third-order valence-electron chi connectivity index (χ3n) is 11.3. The molecule has 0 aliphatic rings. The van der Waals surface area contributed by atoms with Crippen molar-refractivity contribution in [3.8, 4) is 34.6 Å². The van der Waals surface area contributed by atoms with Gasteiger partial charge in [-0.15, -0.1) is 0 Å². The lowest BCUT2D eigenvalue weighted by Gasteiger charge is -2.17. The monoisotopic (exact) mass is 714 g/mol. The van der Waals surface area contributed by atoms with Crippen molar-refractivity contribution in [2.45, 2.75) is 0 Å². The second-order valence-electron chi connectivity index (χ2n) is 14.3. The van der Waals surface area contributed by atoms with Crippen LogP contribution in [0.15, 0.2) is 167 Å². The first-order chi connectivity index (χ1) is 27.7. The number of nitrogens with zero attached hydrogens (tertiary/aromatic N) is 4. The third kappa shape index (κ3) is 4.13. The molecule has 12 aromatic rings. The molecule has 0 spiro atoms. The van der Waals surface area contributed by atoms with Gasteiger partial charge in [-0.1, -0.05) is 84.9 Å². The maximum absolute atomic E-state index is 10.7. The molecule has 12 rings (SSSR count). The fourth-order valence-electron chi connectivity index (χ4n) is 8.96. The number of hydrogen-bond acceptors (Lipinski definition) is 4. The highest BCUT2D eigenvalue weighted by molar-refractivity contribution is 6.19. The lowest BCUT2D eigenvalue weighted by atomic mass is 9.97. The molecule has 6 heteroatoms. The van der Waals surface area contributed by atoms with Crippen molar-refractivity contribution < 1.29 is 8.83 Å². The molecular formula is C50H26N4O2. The average Bonchev–Trinajstić information content (AvgIpc) is 3.98. The van der Waals surface area contributed by atoms with Gasteiger partial charge in [0.1, 0.15) is 28.4 Å². The fraction of sp³-hybridized carbons (Fsp3) is 0. The maximum atomic E-state index is 10.7. The second-order valence-corrected chi connectivity index (χ2v) is 14.3. The van der Waals surface area contributed by atoms with Crippen LogP contribution in [-0.2, 0) is 0 Å². The number of hydrogen-bond donors (Lipinski definition) is 0. The van der Waals surface area contributed by atoms with Gasteiger partial charge >= 0.3 is 0 Å². The number of rotatable bonds is 3. The Hall–Kier alpha value is -8.06. The summed E-state index contributed by atoms with van der Waals surface area (Å²) in [5, 5.41) is 29.8. The molecular weight excluding hydrogens is 689 g/mol. The van der Waals surface area contributed by atoms with Crippen LogP contribution in [0.5, 0.6) is 0 Å². The second kappa shape index (κ2) is 11.2. The molecule has 0 fully saturated rings. The Bertz CT molecular complexity index is 3750. The summed E-state index contributed by atoms with van der Waals surface area (Å²) in [5.41, 5.74) is 11.4. The predicted octanol–water partition coefficient (Wildman–Crippen LogP) is 13.1. The van der Waals surface area contributed by atoms with Gasteiger partial charge in [0.2, 0.25) is 0 Å². The minimum atomic E-state index is 0.507. The van der Waals surface area contributed by atoms with Crippen molar-refractivity contribution in [3.05, 3.63) is 169 Å². The first kappa shape index (κ1) is 30.4. The number of fused-ring (bicyclic) bond motifs is 12. The summed E-state index contributed by atoms with van der Waals surface area (Å²) >= 11 is 0. The number of para-hydroxylation sites is 5. The number of nitriles is 2. The van der Waals surface area contributed by atoms with E-state index in [2.05, 4.69) is 100 Å². The quantitative estimate of drug-likeness (QED) is 0.182. The van der Waals surface area contributed by atoms with Crippen LogP contribution in [0.3, 0.4) is 0 Å². The van der Waals surface area contributed by atoms with Crippen molar-refractivity contribution in [2.24, 2.45) is 0 Å². The first-order valence-electron chi connectivity index (χ1n) is 18.5. The maximum Gasteiger partial charge on any atom is 0.137 e. The normalized spacial score (nSPS) is 11.9. The summed E-state index contributed by atoms with van der Waals surface area (Å²) in [6, 6.07) is 58.3. The molecule has 258 valence electrons. The zero-order valence-corrected chi connectivity index (χ0v) is 29.6. The average molecular weight is 715 g/mol. The van der Waals surface area contributed by atoms with E-state index in [1.807, 2.05) is 78.9 Å². The van der Waals surface area contributed by atoms with Gasteiger partial charge in [-0.05, 0) is 66.2 Å². The molecule has 0 amide bonds. The number of aromatic nitrogens is 2. The minimum absolute atomic E-state index is 0.507. The van der Waals surface area contributed by atoms with Crippen LogP contribution in [0, 0.1) is 22.7 Å². The fourth-order valence-corrected chi connectivity index (χ4v) is 8.96. The molecule has 0 bridgehead atoms. The van der Waals surface area contributed by atoms with Crippen LogP contribution in [0.1, 0.15) is 11.1 Å². The molecule has 0 N–H and O–H groups in total. The van der Waals surface area contributed by atoms with E-state index in [-0.39, 0.29) is 0 Å². The highest BCUT2D eigenvalue weighted by Gasteiger charge is 2.23. The van der Waals surface area contributed by atoms with Crippen LogP contribution in [0.2, 0.25) is 0 Å². The number of furan rings is 2. The molecule has 56 heavy (non-hydrogen) atoms. The lowest BCUT2D eigenvalue weighted by molar-refractivity contribution is 0.669. The topological polar surface area (TPSA) is 83.7 Å². The highest BCUT2D eigenvalue weighted by atomic mass is 16.3. The van der Waals surface area contributed by atoms with E-state index in [9.17, 15) is 10.5 Å². The van der Waals surface area contributed by atoms with Gasteiger partial charge in [-0.2, -0.15) is 10.5 Å². The molecule has 0 saturated carbocycles. The van der Waals surface area contributed by atoms with E-state index in [0.29, 0.717) is 11.1 Å². The Labute approximate surface area is 318 Å². The molecule has 4 heterocycles. The molecule has 6 nitrogen and oxygen atoms in total. The van der Waals surface area contributed by atoms with E-state index in [0.717, 1.165) is 110 Å². The minimum Gasteiger partial charge on any atom is -0.456 e. The van der Waals surface area contributed by atoms with Gasteiger partial charge in [0.15, 0.2) is 0 Å². The van der Waals surface area contributed by atoms with E-state index in [4.69, 9.17) is 8.83 Å². The number of benzene rings is 8. The summed E-state index contributed by atoms with van der Waals surface area (Å²) in [5.74, 6) is 0. The standard InChI is InChI=1S/C50H26N4O2/c51-27-29-20-31(22-32(21-29)53-42-16-5-1-11-34(42)38-23-40-36-13-3-7-18-46(36)55-48(40)25-44(38)53)33-15-9-10-30(28-52)50(33)54-43-17-6-2-12-35(43)39-24-41-37-14-4-8-19-47(37)56-49(41)26-45(39)54/h1-26H. The third-order valence-corrected chi connectivity index (χ3v) is 11.3. The Morgan fingerprint density at radius 3 is 1.55 bits per heavy atom. The van der Waals surface area contributed by atoms with Crippen LogP contribution in [-0.4, -0.2) is 9.13 Å². The highest BCUT2D eigenvalue weighted by Crippen LogP contribution is 2.43. The molecule has 4 aromatic heterocycles. The summed E-state index contributed by atoms with van der Waals surface area (Å²) in [4.78, 5) is 0. The molecule has 0 unspecified atom stereocenters. The zero-order valence-electron chi connectivity index (χ0n) is 29.6. The summed E-state index contributed by atoms with van der Waals surface area (Å²) in [6.07, 6.45) is 0.